The number of rotatable bonds is 1. The number of hydrogen-bond donors (Lipinski definition) is 1. The van der Waals surface area contributed by atoms with E-state index in [1.807, 2.05) is 13.8 Å². The fourth-order valence-electron chi connectivity index (χ4n) is 0.911. The Kier molecular flexibility index (Phi) is 1.80. The molecule has 0 fully saturated rings. The highest BCUT2D eigenvalue weighted by Gasteiger charge is 1.97. The fourth-order valence-corrected chi connectivity index (χ4v) is 1.84. The minimum absolute atomic E-state index is 0.922. The van der Waals surface area contributed by atoms with Gasteiger partial charge in [0.2, 0.25) is 0 Å². The average molecular weight is 248 g/mol. The molecule has 0 radical (unpaired) electrons. The summed E-state index contributed by atoms with van der Waals surface area (Å²) in [6.07, 6.45) is 0. The molecule has 1 nitrogen and oxygen atoms in total. The van der Waals surface area contributed by atoms with Crippen LogP contribution < -0.4 is 5.73 Å². The van der Waals surface area contributed by atoms with Gasteiger partial charge in [0, 0.05) is 9.26 Å². The molecule has 0 aliphatic rings. The number of aryl methyl sites for hydroxylation is 2. The van der Waals surface area contributed by atoms with E-state index in [4.69, 9.17) is 1.41 Å². The minimum Gasteiger partial charge on any atom is -0.398 e. The van der Waals surface area contributed by atoms with Crippen LogP contribution in [0.5, 0.6) is 0 Å². The van der Waals surface area contributed by atoms with Crippen LogP contribution in [-0.2, 0) is 0 Å². The summed E-state index contributed by atoms with van der Waals surface area (Å²) >= 11 is 2.28. The van der Waals surface area contributed by atoms with Crippen molar-refractivity contribution in [3.63, 3.8) is 0 Å². The largest absolute Gasteiger partial charge is 0.398 e. The van der Waals surface area contributed by atoms with Crippen molar-refractivity contribution >= 4 is 28.3 Å². The molecule has 0 saturated heterocycles. The second-order valence-electron chi connectivity index (χ2n) is 2.41. The van der Waals surface area contributed by atoms with Crippen molar-refractivity contribution in [3.8, 4) is 0 Å². The third-order valence-corrected chi connectivity index (χ3v) is 2.12. The lowest BCUT2D eigenvalue weighted by atomic mass is 10.1. The Hall–Kier alpha value is -0.250. The zero-order chi connectivity index (χ0) is 8.43. The van der Waals surface area contributed by atoms with Gasteiger partial charge in [0.25, 0.3) is 0 Å². The Morgan fingerprint density at radius 3 is 2.30 bits per heavy atom. The SMILES string of the molecule is [2H]Nc1c(C)cc(I)cc1C. The third-order valence-electron chi connectivity index (χ3n) is 1.50. The van der Waals surface area contributed by atoms with Crippen LogP contribution in [-0.4, -0.2) is 0 Å². The van der Waals surface area contributed by atoms with Gasteiger partial charge in [-0.15, -0.1) is 0 Å². The molecule has 0 amide bonds. The molecule has 1 aromatic rings. The van der Waals surface area contributed by atoms with E-state index >= 15 is 0 Å². The Bertz CT molecular complexity index is 250. The number of halogens is 1. The van der Waals surface area contributed by atoms with Gasteiger partial charge < -0.3 is 5.73 Å². The maximum absolute atomic E-state index is 7.04. The molecule has 2 heteroatoms. The summed E-state index contributed by atoms with van der Waals surface area (Å²) in [5, 5.41) is 0. The molecule has 10 heavy (non-hydrogen) atoms. The fraction of sp³-hybridized carbons (Fsp3) is 0.250. The first-order valence-corrected chi connectivity index (χ1v) is 4.17. The predicted molar refractivity (Wildman–Crippen MR) is 53.0 cm³/mol. The lowest BCUT2D eigenvalue weighted by molar-refractivity contribution is 1.37. The highest BCUT2D eigenvalue weighted by molar-refractivity contribution is 14.1. The normalized spacial score (nSPS) is 10.9. The molecule has 0 aliphatic heterocycles. The van der Waals surface area contributed by atoms with Crippen LogP contribution in [0.1, 0.15) is 11.1 Å². The molecule has 0 bridgehead atoms. The maximum Gasteiger partial charge on any atom is 0.156 e. The monoisotopic (exact) mass is 248 g/mol. The van der Waals surface area contributed by atoms with Crippen molar-refractivity contribution in [3.05, 3.63) is 26.8 Å². The van der Waals surface area contributed by atoms with Crippen molar-refractivity contribution < 1.29 is 1.41 Å². The zero-order valence-corrected chi connectivity index (χ0v) is 8.19. The van der Waals surface area contributed by atoms with Crippen LogP contribution in [0.15, 0.2) is 12.1 Å². The molecular weight excluding hydrogens is 237 g/mol. The first-order valence-electron chi connectivity index (χ1n) is 3.59. The van der Waals surface area contributed by atoms with Gasteiger partial charge in [0.1, 0.15) is 0 Å². The van der Waals surface area contributed by atoms with Crippen molar-refractivity contribution in [2.75, 3.05) is 5.73 Å². The molecule has 2 N–H and O–H groups in total. The number of nitrogens with two attached hydrogens (primary N) is 1. The van der Waals surface area contributed by atoms with Gasteiger partial charge in [0.15, 0.2) is 1.41 Å². The molecule has 0 unspecified atom stereocenters. The molecular formula is C8H10IN. The lowest BCUT2D eigenvalue weighted by Gasteiger charge is -2.03. The quantitative estimate of drug-likeness (QED) is 0.599. The first-order chi connectivity index (χ1) is 5.15. The van der Waals surface area contributed by atoms with Gasteiger partial charge >= 0.3 is 0 Å². The van der Waals surface area contributed by atoms with Gasteiger partial charge in [-0.2, -0.15) is 0 Å². The van der Waals surface area contributed by atoms with E-state index in [1.165, 1.54) is 3.57 Å². The molecule has 0 aromatic heterocycles. The molecule has 1 aromatic carbocycles. The third kappa shape index (κ3) is 1.42. The van der Waals surface area contributed by atoms with E-state index in [-0.39, 0.29) is 0 Å². The summed E-state index contributed by atoms with van der Waals surface area (Å²) in [6.45, 7) is 4.01. The summed E-state index contributed by atoms with van der Waals surface area (Å²) in [5.41, 5.74) is 5.62. The maximum atomic E-state index is 7.04. The van der Waals surface area contributed by atoms with E-state index in [2.05, 4.69) is 40.5 Å². The summed E-state index contributed by atoms with van der Waals surface area (Å²) in [5.74, 6) is 0. The average Bonchev–Trinajstić information content (AvgIpc) is 1.85. The second-order valence-corrected chi connectivity index (χ2v) is 3.66. The van der Waals surface area contributed by atoms with Crippen LogP contribution in [0.25, 0.3) is 0 Å². The molecule has 0 saturated carbocycles. The minimum atomic E-state index is 0.922. The topological polar surface area (TPSA) is 26.0 Å². The highest BCUT2D eigenvalue weighted by atomic mass is 127. The standard InChI is InChI=1S/C8H10IN/c1-5-3-7(9)4-6(2)8(5)10/h3-4H,10H2,1-2H3/i/hD. The van der Waals surface area contributed by atoms with E-state index in [1.54, 1.807) is 0 Å². The lowest BCUT2D eigenvalue weighted by Crippen LogP contribution is -1.93. The number of benzene rings is 1. The number of hydrogen-bond acceptors (Lipinski definition) is 1. The number of nitrogen functional groups attached to an aromatic ring is 1. The predicted octanol–water partition coefficient (Wildman–Crippen LogP) is 2.49. The van der Waals surface area contributed by atoms with Gasteiger partial charge in [-0.25, -0.2) is 0 Å². The van der Waals surface area contributed by atoms with Crippen LogP contribution in [0, 0.1) is 17.4 Å². The van der Waals surface area contributed by atoms with E-state index in [0.29, 0.717) is 0 Å². The van der Waals surface area contributed by atoms with E-state index in [0.717, 1.165) is 16.8 Å². The first kappa shape index (κ1) is 6.46. The smallest absolute Gasteiger partial charge is 0.156 e. The van der Waals surface area contributed by atoms with Crippen LogP contribution in [0.3, 0.4) is 0 Å². The zero-order valence-electron chi connectivity index (χ0n) is 7.03. The summed E-state index contributed by atoms with van der Waals surface area (Å²) in [7, 11) is 0. The van der Waals surface area contributed by atoms with Crippen molar-refractivity contribution in [2.24, 2.45) is 0 Å². The molecule has 0 aliphatic carbocycles. The number of anilines is 1. The highest BCUT2D eigenvalue weighted by Crippen LogP contribution is 2.19. The molecule has 0 heterocycles. The van der Waals surface area contributed by atoms with Crippen molar-refractivity contribution in [1.29, 1.82) is 0 Å². The van der Waals surface area contributed by atoms with Gasteiger partial charge in [-0.3, -0.25) is 0 Å². The molecule has 1 rings (SSSR count). The van der Waals surface area contributed by atoms with Gasteiger partial charge in [-0.1, -0.05) is 0 Å². The van der Waals surface area contributed by atoms with E-state index < -0.39 is 0 Å². The molecule has 0 spiro atoms. The Balaban J connectivity index is 3.25. The van der Waals surface area contributed by atoms with Crippen molar-refractivity contribution in [1.82, 2.24) is 0 Å². The van der Waals surface area contributed by atoms with Gasteiger partial charge in [0.05, 0.1) is 0 Å². The summed E-state index contributed by atoms with van der Waals surface area (Å²) in [4.78, 5) is 0. The summed E-state index contributed by atoms with van der Waals surface area (Å²) < 4.78 is 8.26. The van der Waals surface area contributed by atoms with Crippen molar-refractivity contribution in [2.45, 2.75) is 13.8 Å². The summed E-state index contributed by atoms with van der Waals surface area (Å²) in [6, 6.07) is 4.12. The van der Waals surface area contributed by atoms with E-state index in [9.17, 15) is 0 Å². The van der Waals surface area contributed by atoms with Crippen LogP contribution in [0.2, 0.25) is 1.41 Å². The molecule has 0 atom stereocenters. The molecule has 54 valence electrons. The second kappa shape index (κ2) is 2.78. The van der Waals surface area contributed by atoms with Crippen LogP contribution in [0.4, 0.5) is 5.69 Å². The Morgan fingerprint density at radius 1 is 1.40 bits per heavy atom. The van der Waals surface area contributed by atoms with Gasteiger partial charge in [-0.05, 0) is 59.7 Å². The van der Waals surface area contributed by atoms with Crippen LogP contribution >= 0.6 is 22.6 Å². The Labute approximate surface area is 76.2 Å². The Morgan fingerprint density at radius 2 is 1.90 bits per heavy atom.